The molecule has 4 N–H and O–H groups in total. The van der Waals surface area contributed by atoms with Gasteiger partial charge in [-0.15, -0.1) is 0 Å². The van der Waals surface area contributed by atoms with Crippen LogP contribution in [0.3, 0.4) is 0 Å². The third-order valence-corrected chi connectivity index (χ3v) is 2.74. The van der Waals surface area contributed by atoms with E-state index in [2.05, 4.69) is 10.6 Å². The minimum Gasteiger partial charge on any atom is -0.398 e. The number of hydrogen-bond acceptors (Lipinski definition) is 3. The molecule has 0 heterocycles. The molecule has 100 valence electrons. The topological polar surface area (TPSA) is 90.9 Å². The zero-order chi connectivity index (χ0) is 14.4. The summed E-state index contributed by atoms with van der Waals surface area (Å²) in [6.07, 6.45) is 0. The monoisotopic (exact) mass is 266 g/mol. The van der Waals surface area contributed by atoms with Crippen molar-refractivity contribution in [2.24, 2.45) is 0 Å². The molecule has 0 fully saturated rings. The molecular weight excluding hydrogens is 252 g/mol. The van der Waals surface area contributed by atoms with Gasteiger partial charge < -0.3 is 16.4 Å². The predicted molar refractivity (Wildman–Crippen MR) is 77.9 cm³/mol. The van der Waals surface area contributed by atoms with Crippen molar-refractivity contribution in [2.75, 3.05) is 11.1 Å². The molecule has 5 heteroatoms. The molecule has 0 aliphatic heterocycles. The van der Waals surface area contributed by atoms with Crippen molar-refractivity contribution < 1.29 is 4.79 Å². The lowest BCUT2D eigenvalue weighted by atomic mass is 10.2. The lowest BCUT2D eigenvalue weighted by molar-refractivity contribution is 0.252. The smallest absolute Gasteiger partial charge is 0.319 e. The Morgan fingerprint density at radius 2 is 2.00 bits per heavy atom. The van der Waals surface area contributed by atoms with Crippen molar-refractivity contribution in [1.29, 1.82) is 5.26 Å². The second-order valence-electron chi connectivity index (χ2n) is 4.20. The highest BCUT2D eigenvalue weighted by Crippen LogP contribution is 2.11. The first-order valence-electron chi connectivity index (χ1n) is 6.07. The number of nitrogen functional groups attached to an aromatic ring is 1. The van der Waals surface area contributed by atoms with E-state index in [1.54, 1.807) is 30.3 Å². The molecular formula is C15H14N4O. The van der Waals surface area contributed by atoms with Crippen molar-refractivity contribution in [2.45, 2.75) is 6.54 Å². The largest absolute Gasteiger partial charge is 0.398 e. The van der Waals surface area contributed by atoms with Gasteiger partial charge in [-0.25, -0.2) is 4.79 Å². The number of nitriles is 1. The van der Waals surface area contributed by atoms with Gasteiger partial charge in [0, 0.05) is 17.9 Å². The number of nitrogens with one attached hydrogen (secondary N) is 2. The molecule has 0 aromatic heterocycles. The van der Waals surface area contributed by atoms with E-state index in [0.29, 0.717) is 23.5 Å². The Bertz CT molecular complexity index is 661. The van der Waals surface area contributed by atoms with Gasteiger partial charge in [0.1, 0.15) is 0 Å². The second kappa shape index (κ2) is 6.25. The van der Waals surface area contributed by atoms with Crippen molar-refractivity contribution in [3.63, 3.8) is 0 Å². The van der Waals surface area contributed by atoms with Crippen molar-refractivity contribution in [1.82, 2.24) is 5.32 Å². The maximum absolute atomic E-state index is 11.8. The number of hydrogen-bond donors (Lipinski definition) is 3. The minimum atomic E-state index is -0.344. The Balaban J connectivity index is 1.93. The Labute approximate surface area is 117 Å². The van der Waals surface area contributed by atoms with Crippen LogP contribution in [0.15, 0.2) is 48.5 Å². The maximum atomic E-state index is 11.8. The molecule has 0 saturated heterocycles. The standard InChI is InChI=1S/C15H14N4O/c16-9-11-4-3-6-13(8-11)19-15(20)18-10-12-5-1-2-7-14(12)17/h1-8H,10,17H2,(H2,18,19,20). The molecule has 0 aliphatic rings. The fourth-order valence-electron chi connectivity index (χ4n) is 1.71. The molecule has 0 radical (unpaired) electrons. The number of benzene rings is 2. The summed E-state index contributed by atoms with van der Waals surface area (Å²) in [5.41, 5.74) is 8.35. The molecule has 2 rings (SSSR count). The molecule has 0 aliphatic carbocycles. The maximum Gasteiger partial charge on any atom is 0.319 e. The lowest BCUT2D eigenvalue weighted by Gasteiger charge is -2.09. The van der Waals surface area contributed by atoms with Gasteiger partial charge >= 0.3 is 6.03 Å². The Morgan fingerprint density at radius 1 is 1.20 bits per heavy atom. The van der Waals surface area contributed by atoms with Crippen LogP contribution >= 0.6 is 0 Å². The highest BCUT2D eigenvalue weighted by atomic mass is 16.2. The number of rotatable bonds is 3. The number of para-hydroxylation sites is 1. The lowest BCUT2D eigenvalue weighted by Crippen LogP contribution is -2.28. The molecule has 0 unspecified atom stereocenters. The minimum absolute atomic E-state index is 0.344. The van der Waals surface area contributed by atoms with Crippen molar-refractivity contribution in [3.05, 3.63) is 59.7 Å². The van der Waals surface area contributed by atoms with Crippen LogP contribution in [-0.4, -0.2) is 6.03 Å². The highest BCUT2D eigenvalue weighted by Gasteiger charge is 2.03. The van der Waals surface area contributed by atoms with Crippen LogP contribution in [0, 0.1) is 11.3 Å². The number of amides is 2. The van der Waals surface area contributed by atoms with E-state index < -0.39 is 0 Å². The van der Waals surface area contributed by atoms with E-state index in [-0.39, 0.29) is 6.03 Å². The van der Waals surface area contributed by atoms with E-state index in [4.69, 9.17) is 11.0 Å². The summed E-state index contributed by atoms with van der Waals surface area (Å²) in [7, 11) is 0. The zero-order valence-electron chi connectivity index (χ0n) is 10.8. The second-order valence-corrected chi connectivity index (χ2v) is 4.20. The van der Waals surface area contributed by atoms with E-state index in [9.17, 15) is 4.79 Å². The summed E-state index contributed by atoms with van der Waals surface area (Å²) in [6.45, 7) is 0.344. The SMILES string of the molecule is N#Cc1cccc(NC(=O)NCc2ccccc2N)c1. The molecule has 20 heavy (non-hydrogen) atoms. The van der Waals surface area contributed by atoms with Gasteiger partial charge in [-0.05, 0) is 29.8 Å². The Kier molecular flexibility index (Phi) is 4.20. The van der Waals surface area contributed by atoms with Gasteiger partial charge in [0.05, 0.1) is 11.6 Å². The molecule has 2 aromatic carbocycles. The van der Waals surface area contributed by atoms with E-state index in [1.165, 1.54) is 0 Å². The number of carbonyl (C=O) groups excluding carboxylic acids is 1. The first-order valence-corrected chi connectivity index (χ1v) is 6.07. The van der Waals surface area contributed by atoms with Crippen LogP contribution in [0.1, 0.15) is 11.1 Å². The van der Waals surface area contributed by atoms with Gasteiger partial charge in [0.2, 0.25) is 0 Å². The summed E-state index contributed by atoms with van der Waals surface area (Å²) in [5.74, 6) is 0. The average molecular weight is 266 g/mol. The molecule has 0 saturated carbocycles. The molecule has 5 nitrogen and oxygen atoms in total. The summed E-state index contributed by atoms with van der Waals surface area (Å²) in [4.78, 5) is 11.8. The summed E-state index contributed by atoms with van der Waals surface area (Å²) < 4.78 is 0. The predicted octanol–water partition coefficient (Wildman–Crippen LogP) is 2.46. The third kappa shape index (κ3) is 3.50. The van der Waals surface area contributed by atoms with Crippen molar-refractivity contribution in [3.8, 4) is 6.07 Å². The van der Waals surface area contributed by atoms with Gasteiger partial charge in [-0.2, -0.15) is 5.26 Å². The molecule has 0 spiro atoms. The Morgan fingerprint density at radius 3 is 2.75 bits per heavy atom. The molecule has 0 bridgehead atoms. The van der Waals surface area contributed by atoms with Crippen LogP contribution in [0.4, 0.5) is 16.2 Å². The zero-order valence-corrected chi connectivity index (χ0v) is 10.8. The first-order chi connectivity index (χ1) is 9.69. The van der Waals surface area contributed by atoms with Gasteiger partial charge in [-0.3, -0.25) is 0 Å². The fraction of sp³-hybridized carbons (Fsp3) is 0.0667. The quantitative estimate of drug-likeness (QED) is 0.745. The fourth-order valence-corrected chi connectivity index (χ4v) is 1.71. The van der Waals surface area contributed by atoms with E-state index >= 15 is 0 Å². The summed E-state index contributed by atoms with van der Waals surface area (Å²) >= 11 is 0. The number of carbonyl (C=O) groups is 1. The van der Waals surface area contributed by atoms with Crippen LogP contribution in [-0.2, 0) is 6.54 Å². The normalized spacial score (nSPS) is 9.55. The molecule has 2 aromatic rings. The molecule has 0 atom stereocenters. The van der Waals surface area contributed by atoms with E-state index in [0.717, 1.165) is 5.56 Å². The number of nitrogens with two attached hydrogens (primary N) is 1. The first kappa shape index (κ1) is 13.4. The van der Waals surface area contributed by atoms with Gasteiger partial charge in [0.15, 0.2) is 0 Å². The van der Waals surface area contributed by atoms with Gasteiger partial charge in [-0.1, -0.05) is 24.3 Å². The van der Waals surface area contributed by atoms with Gasteiger partial charge in [0.25, 0.3) is 0 Å². The van der Waals surface area contributed by atoms with Crippen LogP contribution in [0.25, 0.3) is 0 Å². The number of anilines is 2. The van der Waals surface area contributed by atoms with E-state index in [1.807, 2.05) is 24.3 Å². The average Bonchev–Trinajstić information content (AvgIpc) is 2.46. The van der Waals surface area contributed by atoms with Crippen LogP contribution in [0.2, 0.25) is 0 Å². The summed E-state index contributed by atoms with van der Waals surface area (Å²) in [6, 6.07) is 15.7. The van der Waals surface area contributed by atoms with Crippen LogP contribution < -0.4 is 16.4 Å². The van der Waals surface area contributed by atoms with Crippen LogP contribution in [0.5, 0.6) is 0 Å². The number of urea groups is 1. The number of nitrogens with zero attached hydrogens (tertiary/aromatic N) is 1. The third-order valence-electron chi connectivity index (χ3n) is 2.74. The van der Waals surface area contributed by atoms with Crippen molar-refractivity contribution >= 4 is 17.4 Å². The highest BCUT2D eigenvalue weighted by molar-refractivity contribution is 5.89. The summed E-state index contributed by atoms with van der Waals surface area (Å²) in [5, 5.41) is 14.2. The molecule has 2 amide bonds. The Hall–Kier alpha value is -3.00.